The van der Waals surface area contributed by atoms with Gasteiger partial charge in [-0.2, -0.15) is 0 Å². The quantitative estimate of drug-likeness (QED) is 0.0449. The van der Waals surface area contributed by atoms with Gasteiger partial charge in [0.2, 0.25) is 17.7 Å². The molecule has 17 heteroatoms. The third-order valence-electron chi connectivity index (χ3n) is 5.12. The van der Waals surface area contributed by atoms with Gasteiger partial charge >= 0.3 is 11.9 Å². The van der Waals surface area contributed by atoms with Gasteiger partial charge in [0.25, 0.3) is 0 Å². The summed E-state index contributed by atoms with van der Waals surface area (Å²) >= 11 is 0. The molecule has 0 aromatic rings. The molecule has 0 aliphatic rings. The topological polar surface area (TPSA) is 317 Å². The molecule has 17 nitrogen and oxygen atoms in total. The number of guanidine groups is 2. The van der Waals surface area contributed by atoms with Crippen LogP contribution in [0.15, 0.2) is 9.98 Å². The van der Waals surface area contributed by atoms with Crippen LogP contribution in [0.2, 0.25) is 0 Å². The van der Waals surface area contributed by atoms with Crippen LogP contribution >= 0.6 is 0 Å². The minimum atomic E-state index is -1.55. The molecule has 3 amide bonds. The van der Waals surface area contributed by atoms with Gasteiger partial charge in [0.05, 0.1) is 12.5 Å². The first kappa shape index (κ1) is 33.8. The fourth-order valence-corrected chi connectivity index (χ4v) is 3.12. The molecule has 38 heavy (non-hydrogen) atoms. The lowest BCUT2D eigenvalue weighted by molar-refractivity contribution is -0.143. The fraction of sp³-hybridized carbons (Fsp3) is 0.667. The van der Waals surface area contributed by atoms with Crippen molar-refractivity contribution in [1.82, 2.24) is 16.0 Å². The van der Waals surface area contributed by atoms with Crippen LogP contribution in [0.5, 0.6) is 0 Å². The lowest BCUT2D eigenvalue weighted by Crippen LogP contribution is -2.58. The van der Waals surface area contributed by atoms with E-state index in [1.165, 1.54) is 0 Å². The standard InChI is InChI=1S/C21H40N10O7/c1-10(2)15(18(36)29-12(19(37)38)6-4-8-28-21(25)26)31-17(35)13(9-14(32)33)30-16(34)11(22)5-3-7-27-20(23)24/h10-13,15H,3-9,22H2,1-2H3,(H,29,36)(H,30,34)(H,31,35)(H,32,33)(H,37,38)(H4,23,24,27)(H4,25,26,28). The molecule has 0 rings (SSSR count). The molecule has 4 unspecified atom stereocenters. The third kappa shape index (κ3) is 14.4. The van der Waals surface area contributed by atoms with Crippen molar-refractivity contribution in [2.24, 2.45) is 44.6 Å². The summed E-state index contributed by atoms with van der Waals surface area (Å²) in [5.41, 5.74) is 26.7. The average Bonchev–Trinajstić information content (AvgIpc) is 2.80. The Hall–Kier alpha value is -4.15. The van der Waals surface area contributed by atoms with Crippen LogP contribution in [0.1, 0.15) is 46.0 Å². The van der Waals surface area contributed by atoms with E-state index in [-0.39, 0.29) is 44.3 Å². The van der Waals surface area contributed by atoms with E-state index in [9.17, 15) is 34.2 Å². The first-order valence-electron chi connectivity index (χ1n) is 11.9. The van der Waals surface area contributed by atoms with E-state index < -0.39 is 66.2 Å². The largest absolute Gasteiger partial charge is 0.481 e. The van der Waals surface area contributed by atoms with E-state index in [0.29, 0.717) is 6.42 Å². The second-order valence-electron chi connectivity index (χ2n) is 8.79. The smallest absolute Gasteiger partial charge is 0.326 e. The monoisotopic (exact) mass is 544 g/mol. The van der Waals surface area contributed by atoms with Crippen LogP contribution in [-0.2, 0) is 24.0 Å². The molecule has 15 N–H and O–H groups in total. The van der Waals surface area contributed by atoms with Crippen LogP contribution in [0.25, 0.3) is 0 Å². The zero-order valence-corrected chi connectivity index (χ0v) is 21.6. The normalized spacial score (nSPS) is 13.8. The summed E-state index contributed by atoms with van der Waals surface area (Å²) in [5.74, 6) is -6.03. The maximum absolute atomic E-state index is 12.9. The Morgan fingerprint density at radius 1 is 0.737 bits per heavy atom. The van der Waals surface area contributed by atoms with Crippen LogP contribution in [0.3, 0.4) is 0 Å². The van der Waals surface area contributed by atoms with E-state index in [2.05, 4.69) is 25.9 Å². The van der Waals surface area contributed by atoms with E-state index in [4.69, 9.17) is 28.7 Å². The van der Waals surface area contributed by atoms with E-state index >= 15 is 0 Å². The summed E-state index contributed by atoms with van der Waals surface area (Å²) in [6, 6.07) is -5.15. The number of hydrogen-bond acceptors (Lipinski definition) is 8. The lowest BCUT2D eigenvalue weighted by atomic mass is 10.0. The highest BCUT2D eigenvalue weighted by Crippen LogP contribution is 2.07. The zero-order valence-electron chi connectivity index (χ0n) is 21.6. The van der Waals surface area contributed by atoms with Crippen LogP contribution in [-0.4, -0.2) is 89.0 Å². The Balaban J connectivity index is 5.33. The van der Waals surface area contributed by atoms with Crippen LogP contribution in [0, 0.1) is 5.92 Å². The molecule has 0 saturated carbocycles. The molecule has 0 spiro atoms. The van der Waals surface area contributed by atoms with Crippen molar-refractivity contribution in [3.8, 4) is 0 Å². The van der Waals surface area contributed by atoms with Gasteiger partial charge in [-0.1, -0.05) is 13.8 Å². The number of amides is 3. The number of nitrogens with two attached hydrogens (primary N) is 5. The van der Waals surface area contributed by atoms with E-state index in [0.717, 1.165) is 0 Å². The minimum absolute atomic E-state index is 0.00931. The Bertz CT molecular complexity index is 886. The van der Waals surface area contributed by atoms with E-state index in [1.807, 2.05) is 0 Å². The Morgan fingerprint density at radius 3 is 1.68 bits per heavy atom. The van der Waals surface area contributed by atoms with Crippen molar-refractivity contribution >= 4 is 41.6 Å². The van der Waals surface area contributed by atoms with Gasteiger partial charge in [0.15, 0.2) is 11.9 Å². The highest BCUT2D eigenvalue weighted by Gasteiger charge is 2.32. The molecule has 0 heterocycles. The number of carboxylic acids is 2. The maximum Gasteiger partial charge on any atom is 0.326 e. The van der Waals surface area contributed by atoms with Gasteiger partial charge in [-0.15, -0.1) is 0 Å². The molecule has 0 aliphatic carbocycles. The van der Waals surface area contributed by atoms with Crippen molar-refractivity contribution in [1.29, 1.82) is 0 Å². The molecular weight excluding hydrogens is 504 g/mol. The summed E-state index contributed by atoms with van der Waals surface area (Å²) in [4.78, 5) is 68.6. The van der Waals surface area contributed by atoms with Crippen molar-refractivity contribution in [2.75, 3.05) is 13.1 Å². The van der Waals surface area contributed by atoms with E-state index in [1.54, 1.807) is 13.8 Å². The molecule has 4 atom stereocenters. The number of rotatable bonds is 18. The number of nitrogens with zero attached hydrogens (tertiary/aromatic N) is 2. The molecule has 0 aromatic heterocycles. The zero-order chi connectivity index (χ0) is 29.4. The average molecular weight is 545 g/mol. The number of nitrogens with one attached hydrogen (secondary N) is 3. The molecular formula is C21H40N10O7. The summed E-state index contributed by atoms with van der Waals surface area (Å²) < 4.78 is 0. The first-order chi connectivity index (χ1) is 17.6. The number of aliphatic carboxylic acids is 2. The van der Waals surface area contributed by atoms with Gasteiger partial charge in [0, 0.05) is 13.1 Å². The Labute approximate surface area is 220 Å². The van der Waals surface area contributed by atoms with Gasteiger partial charge < -0.3 is 54.8 Å². The number of carbonyl (C=O) groups excluding carboxylic acids is 3. The van der Waals surface area contributed by atoms with Gasteiger partial charge in [-0.25, -0.2) is 4.79 Å². The number of carbonyl (C=O) groups is 5. The highest BCUT2D eigenvalue weighted by molar-refractivity contribution is 5.95. The highest BCUT2D eigenvalue weighted by atomic mass is 16.4. The molecule has 0 aromatic carbocycles. The Kier molecular flexibility index (Phi) is 15.4. The molecule has 0 radical (unpaired) electrons. The third-order valence-corrected chi connectivity index (χ3v) is 5.12. The van der Waals surface area contributed by atoms with Crippen LogP contribution in [0.4, 0.5) is 0 Å². The summed E-state index contributed by atoms with van der Waals surface area (Å²) in [7, 11) is 0. The summed E-state index contributed by atoms with van der Waals surface area (Å²) in [6.45, 7) is 3.56. The number of hydrogen-bond donors (Lipinski definition) is 10. The van der Waals surface area contributed by atoms with Crippen molar-refractivity contribution in [2.45, 2.75) is 70.1 Å². The van der Waals surface area contributed by atoms with Crippen LogP contribution < -0.4 is 44.6 Å². The van der Waals surface area contributed by atoms with Gasteiger partial charge in [0.1, 0.15) is 18.1 Å². The molecule has 0 bridgehead atoms. The van der Waals surface area contributed by atoms with Gasteiger partial charge in [-0.3, -0.25) is 29.2 Å². The summed E-state index contributed by atoms with van der Waals surface area (Å²) in [5, 5.41) is 25.7. The second kappa shape index (κ2) is 17.3. The first-order valence-corrected chi connectivity index (χ1v) is 11.9. The van der Waals surface area contributed by atoms with Crippen molar-refractivity contribution in [3.63, 3.8) is 0 Å². The molecule has 0 aliphatic heterocycles. The Morgan fingerprint density at radius 2 is 1.24 bits per heavy atom. The predicted octanol–water partition coefficient (Wildman–Crippen LogP) is -3.91. The molecule has 0 fully saturated rings. The minimum Gasteiger partial charge on any atom is -0.481 e. The second-order valence-corrected chi connectivity index (χ2v) is 8.79. The fourth-order valence-electron chi connectivity index (χ4n) is 3.12. The lowest BCUT2D eigenvalue weighted by Gasteiger charge is -2.26. The molecule has 216 valence electrons. The SMILES string of the molecule is CC(C)C(NC(=O)C(CC(=O)O)NC(=O)C(N)CCCN=C(N)N)C(=O)NC(CCCN=C(N)N)C(=O)O. The van der Waals surface area contributed by atoms with Crippen molar-refractivity contribution in [3.05, 3.63) is 0 Å². The predicted molar refractivity (Wildman–Crippen MR) is 138 cm³/mol. The summed E-state index contributed by atoms with van der Waals surface area (Å²) in [6.07, 6.45) is -0.00911. The maximum atomic E-state index is 12.9. The number of carboxylic acid groups (broad SMARTS) is 2. The van der Waals surface area contributed by atoms with Gasteiger partial charge in [-0.05, 0) is 31.6 Å². The molecule has 0 saturated heterocycles. The van der Waals surface area contributed by atoms with Crippen molar-refractivity contribution < 1.29 is 34.2 Å². The number of aliphatic imine (C=N–C) groups is 2.